The lowest BCUT2D eigenvalue weighted by atomic mass is 10.0. The largest absolute Gasteiger partial charge is 0.484 e. The highest BCUT2D eigenvalue weighted by Gasteiger charge is 2.30. The zero-order valence-corrected chi connectivity index (χ0v) is 28.5. The number of hydrogen-bond donors (Lipinski definition) is 5. The smallest absolute Gasteiger partial charge is 0.276 e. The van der Waals surface area contributed by atoms with Crippen molar-refractivity contribution >= 4 is 29.5 Å². The van der Waals surface area contributed by atoms with Gasteiger partial charge in [0.05, 0.1) is 12.5 Å². The fourth-order valence-electron chi connectivity index (χ4n) is 5.12. The third-order valence-electron chi connectivity index (χ3n) is 7.74. The minimum Gasteiger partial charge on any atom is -0.484 e. The summed E-state index contributed by atoms with van der Waals surface area (Å²) in [5, 5.41) is 25.3. The fourth-order valence-corrected chi connectivity index (χ4v) is 5.12. The second-order valence-corrected chi connectivity index (χ2v) is 12.9. The lowest BCUT2D eigenvalue weighted by Crippen LogP contribution is -2.57. The van der Waals surface area contributed by atoms with Crippen molar-refractivity contribution < 1.29 is 38.3 Å². The molecule has 0 spiro atoms. The minimum atomic E-state index is -1.24. The first kappa shape index (κ1) is 38.0. The fraction of sp³-hybridized carbons (Fsp3) is 0.588. The Labute approximate surface area is 281 Å². The van der Waals surface area contributed by atoms with E-state index >= 15 is 0 Å². The van der Waals surface area contributed by atoms with E-state index in [1.807, 2.05) is 27.7 Å². The van der Waals surface area contributed by atoms with Gasteiger partial charge in [0.2, 0.25) is 17.7 Å². The number of carbonyl (C=O) groups excluding carboxylic acids is 5. The average molecular weight is 671 g/mol. The molecule has 264 valence electrons. The number of aliphatic hydroxyl groups excluding tert-OH is 1. The van der Waals surface area contributed by atoms with Gasteiger partial charge in [0.25, 0.3) is 11.8 Å². The Morgan fingerprint density at radius 2 is 1.67 bits per heavy atom. The van der Waals surface area contributed by atoms with Gasteiger partial charge in [-0.05, 0) is 56.2 Å². The zero-order valence-electron chi connectivity index (χ0n) is 28.5. The van der Waals surface area contributed by atoms with Crippen LogP contribution in [0.2, 0.25) is 0 Å². The summed E-state index contributed by atoms with van der Waals surface area (Å²) in [5.74, 6) is -1.08. The van der Waals surface area contributed by atoms with Crippen LogP contribution in [-0.4, -0.2) is 95.7 Å². The maximum atomic E-state index is 13.3. The molecular formula is C34H50N6O8. The van der Waals surface area contributed by atoms with Crippen LogP contribution in [0.3, 0.4) is 0 Å². The maximum absolute atomic E-state index is 13.3. The van der Waals surface area contributed by atoms with Gasteiger partial charge in [-0.15, -0.1) is 0 Å². The molecule has 1 aromatic carbocycles. The number of aromatic nitrogens is 1. The summed E-state index contributed by atoms with van der Waals surface area (Å²) in [7, 11) is 0. The van der Waals surface area contributed by atoms with E-state index in [0.717, 1.165) is 0 Å². The number of benzene rings is 1. The lowest BCUT2D eigenvalue weighted by molar-refractivity contribution is -0.134. The van der Waals surface area contributed by atoms with Crippen LogP contribution in [0.1, 0.15) is 88.0 Å². The third kappa shape index (κ3) is 12.3. The van der Waals surface area contributed by atoms with Crippen molar-refractivity contribution in [1.82, 2.24) is 31.3 Å². The molecule has 5 amide bonds. The van der Waals surface area contributed by atoms with Gasteiger partial charge in [0.1, 0.15) is 23.6 Å². The summed E-state index contributed by atoms with van der Waals surface area (Å²) in [4.78, 5) is 66.8. The molecule has 0 radical (unpaired) electrons. The second kappa shape index (κ2) is 18.8. The molecule has 2 heterocycles. The van der Waals surface area contributed by atoms with E-state index in [9.17, 15) is 29.1 Å². The van der Waals surface area contributed by atoms with E-state index in [4.69, 9.17) is 9.26 Å². The highest BCUT2D eigenvalue weighted by molar-refractivity contribution is 5.93. The summed E-state index contributed by atoms with van der Waals surface area (Å²) in [5.41, 5.74) is 0.810. The molecule has 1 aliphatic heterocycles. The number of rotatable bonds is 5. The van der Waals surface area contributed by atoms with Crippen LogP contribution in [0.15, 0.2) is 34.9 Å². The molecule has 48 heavy (non-hydrogen) atoms. The first-order chi connectivity index (χ1) is 22.8. The van der Waals surface area contributed by atoms with Crippen molar-refractivity contribution in [2.45, 2.75) is 90.8 Å². The number of aliphatic hydroxyl groups is 1. The highest BCUT2D eigenvalue weighted by atomic mass is 16.5. The Hall–Kier alpha value is -4.46. The number of hydrogen-bond acceptors (Lipinski definition) is 9. The summed E-state index contributed by atoms with van der Waals surface area (Å²) >= 11 is 0. The molecule has 0 fully saturated rings. The molecule has 0 saturated carbocycles. The quantitative estimate of drug-likeness (QED) is 0.315. The Morgan fingerprint density at radius 1 is 0.938 bits per heavy atom. The van der Waals surface area contributed by atoms with Crippen LogP contribution in [0.4, 0.5) is 0 Å². The van der Waals surface area contributed by atoms with Crippen LogP contribution in [-0.2, 0) is 25.6 Å². The summed E-state index contributed by atoms with van der Waals surface area (Å²) in [6, 6.07) is 6.22. The second-order valence-electron chi connectivity index (χ2n) is 12.9. The third-order valence-corrected chi connectivity index (χ3v) is 7.74. The normalized spacial score (nSPS) is 20.5. The van der Waals surface area contributed by atoms with Gasteiger partial charge in [0, 0.05) is 38.2 Å². The van der Waals surface area contributed by atoms with Gasteiger partial charge in [0.15, 0.2) is 12.3 Å². The Kier molecular flexibility index (Phi) is 14.9. The Bertz CT molecular complexity index is 1390. The average Bonchev–Trinajstić information content (AvgIpc) is 3.53. The van der Waals surface area contributed by atoms with Crippen molar-refractivity contribution in [3.05, 3.63) is 47.3 Å². The zero-order chi connectivity index (χ0) is 35.2. The van der Waals surface area contributed by atoms with E-state index in [-0.39, 0.29) is 48.9 Å². The van der Waals surface area contributed by atoms with E-state index in [0.29, 0.717) is 62.4 Å². The molecule has 3 atom stereocenters. The van der Waals surface area contributed by atoms with Crippen LogP contribution < -0.4 is 26.0 Å². The summed E-state index contributed by atoms with van der Waals surface area (Å²) in [6.07, 6.45) is 0.583. The van der Waals surface area contributed by atoms with Crippen molar-refractivity contribution in [2.24, 2.45) is 5.92 Å². The monoisotopic (exact) mass is 670 g/mol. The van der Waals surface area contributed by atoms with Crippen molar-refractivity contribution in [2.75, 3.05) is 32.8 Å². The first-order valence-corrected chi connectivity index (χ1v) is 16.6. The molecule has 2 bridgehead atoms. The standard InChI is InChI=1S/C34H50N6O8/c1-21(2)16-26-32(44)38-31(23(5)41)33(45)36-12-6-7-14-40(34(46)27-19-28(22(3)4)48-39-27)15-9-13-35-30(43)20-47-25-11-8-10-24(17-25)18-29(42)37-26/h8,10-11,17,19,21-23,26,31,41H,6-7,9,12-16,18,20H2,1-5H3,(H,35,43)(H,36,45)(H,37,42)(H,38,44)/t23-,26-,31+/m1/s1. The van der Waals surface area contributed by atoms with Gasteiger partial charge in [-0.1, -0.05) is 45.0 Å². The molecular weight excluding hydrogens is 620 g/mol. The summed E-state index contributed by atoms with van der Waals surface area (Å²) in [6.45, 7) is 10.1. The predicted octanol–water partition coefficient (Wildman–Crippen LogP) is 1.67. The molecule has 0 saturated heterocycles. The van der Waals surface area contributed by atoms with Crippen molar-refractivity contribution in [3.8, 4) is 5.75 Å². The molecule has 3 rings (SSSR count). The highest BCUT2D eigenvalue weighted by Crippen LogP contribution is 2.17. The van der Waals surface area contributed by atoms with E-state index in [2.05, 4.69) is 26.4 Å². The van der Waals surface area contributed by atoms with Gasteiger partial charge < -0.3 is 40.5 Å². The van der Waals surface area contributed by atoms with Gasteiger partial charge in [-0.2, -0.15) is 0 Å². The van der Waals surface area contributed by atoms with Crippen molar-refractivity contribution in [3.63, 3.8) is 0 Å². The molecule has 14 nitrogen and oxygen atoms in total. The lowest BCUT2D eigenvalue weighted by Gasteiger charge is -2.26. The molecule has 2 aromatic rings. The van der Waals surface area contributed by atoms with Crippen LogP contribution >= 0.6 is 0 Å². The Balaban J connectivity index is 1.77. The number of ether oxygens (including phenoxy) is 1. The van der Waals surface area contributed by atoms with Gasteiger partial charge >= 0.3 is 0 Å². The van der Waals surface area contributed by atoms with Crippen molar-refractivity contribution in [1.29, 1.82) is 0 Å². The van der Waals surface area contributed by atoms with Gasteiger partial charge in [-0.3, -0.25) is 24.0 Å². The number of nitrogens with zero attached hydrogens (tertiary/aromatic N) is 2. The van der Waals surface area contributed by atoms with Gasteiger partial charge in [-0.25, -0.2) is 0 Å². The number of nitrogens with one attached hydrogen (secondary N) is 4. The molecule has 0 unspecified atom stereocenters. The van der Waals surface area contributed by atoms with E-state index in [1.54, 1.807) is 35.2 Å². The van der Waals surface area contributed by atoms with Crippen LogP contribution in [0.5, 0.6) is 5.75 Å². The van der Waals surface area contributed by atoms with Crippen LogP contribution in [0.25, 0.3) is 0 Å². The van der Waals surface area contributed by atoms with E-state index in [1.165, 1.54) is 6.92 Å². The number of fused-ring (bicyclic) bond motifs is 2. The first-order valence-electron chi connectivity index (χ1n) is 16.6. The number of amides is 5. The maximum Gasteiger partial charge on any atom is 0.276 e. The summed E-state index contributed by atoms with van der Waals surface area (Å²) < 4.78 is 11.0. The van der Waals surface area contributed by atoms with E-state index < -0.39 is 35.9 Å². The molecule has 14 heteroatoms. The molecule has 0 aliphatic carbocycles. The SMILES string of the molecule is CC(C)C[C@H]1NC(=O)Cc2cccc(c2)OCC(=O)NCCCN(C(=O)c2cc(C(C)C)on2)CCCCNC(=O)[C@H]([C@@H](C)O)NC1=O. The molecule has 5 N–H and O–H groups in total. The molecule has 1 aliphatic rings. The Morgan fingerprint density at radius 3 is 2.35 bits per heavy atom. The predicted molar refractivity (Wildman–Crippen MR) is 177 cm³/mol. The molecule has 1 aromatic heterocycles. The number of carbonyl (C=O) groups is 5. The van der Waals surface area contributed by atoms with Crippen LogP contribution in [0, 0.1) is 5.92 Å². The topological polar surface area (TPSA) is 192 Å². The minimum absolute atomic E-state index is 0.0441.